The second kappa shape index (κ2) is 6.10. The van der Waals surface area contributed by atoms with E-state index in [-0.39, 0.29) is 23.5 Å². The number of amides is 2. The molecule has 2 N–H and O–H groups in total. The molecule has 1 atom stereocenters. The lowest BCUT2D eigenvalue weighted by molar-refractivity contribution is -0.125. The van der Waals surface area contributed by atoms with Gasteiger partial charge in [0.15, 0.2) is 9.84 Å². The van der Waals surface area contributed by atoms with E-state index in [0.717, 1.165) is 6.07 Å². The Balaban J connectivity index is 1.95. The van der Waals surface area contributed by atoms with Gasteiger partial charge in [0.05, 0.1) is 23.0 Å². The quantitative estimate of drug-likeness (QED) is 0.743. The van der Waals surface area contributed by atoms with Crippen molar-refractivity contribution in [1.29, 1.82) is 0 Å². The van der Waals surface area contributed by atoms with Crippen molar-refractivity contribution in [3.05, 3.63) is 34.1 Å². The molecule has 0 aromatic heterocycles. The van der Waals surface area contributed by atoms with Crippen LogP contribution >= 0.6 is 15.9 Å². The molecule has 9 heteroatoms. The highest BCUT2D eigenvalue weighted by Gasteiger charge is 2.33. The predicted octanol–water partition coefficient (Wildman–Crippen LogP) is 0.784. The van der Waals surface area contributed by atoms with Crippen molar-refractivity contribution in [3.63, 3.8) is 0 Å². The van der Waals surface area contributed by atoms with Gasteiger partial charge in [0, 0.05) is 4.47 Å². The van der Waals surface area contributed by atoms with E-state index in [9.17, 15) is 22.4 Å². The van der Waals surface area contributed by atoms with Crippen molar-refractivity contribution in [3.8, 4) is 0 Å². The topological polar surface area (TPSA) is 92.3 Å². The number of hydrazine groups is 1. The average Bonchev–Trinajstić information content (AvgIpc) is 2.79. The largest absolute Gasteiger partial charge is 0.273 e. The van der Waals surface area contributed by atoms with Gasteiger partial charge in [0.1, 0.15) is 5.82 Å². The van der Waals surface area contributed by atoms with Gasteiger partial charge in [-0.15, -0.1) is 0 Å². The summed E-state index contributed by atoms with van der Waals surface area (Å²) in [6, 6.07) is 3.57. The molecule has 6 nitrogen and oxygen atoms in total. The molecule has 1 aromatic rings. The number of rotatable bonds is 2. The molecule has 1 heterocycles. The Labute approximate surface area is 129 Å². The van der Waals surface area contributed by atoms with E-state index in [0.29, 0.717) is 4.47 Å². The maximum absolute atomic E-state index is 13.1. The van der Waals surface area contributed by atoms with E-state index in [2.05, 4.69) is 26.8 Å². The van der Waals surface area contributed by atoms with Crippen molar-refractivity contribution >= 4 is 37.6 Å². The minimum absolute atomic E-state index is 0.0225. The molecule has 2 amide bonds. The van der Waals surface area contributed by atoms with Gasteiger partial charge in [-0.2, -0.15) is 0 Å². The Kier molecular flexibility index (Phi) is 4.62. The maximum atomic E-state index is 13.1. The summed E-state index contributed by atoms with van der Waals surface area (Å²) in [6.07, 6.45) is 0.230. The fourth-order valence-corrected chi connectivity index (χ4v) is 4.13. The summed E-state index contributed by atoms with van der Waals surface area (Å²) >= 11 is 3.10. The van der Waals surface area contributed by atoms with E-state index in [1.807, 2.05) is 0 Å². The van der Waals surface area contributed by atoms with Crippen molar-refractivity contribution in [2.75, 3.05) is 11.5 Å². The van der Waals surface area contributed by atoms with Crippen LogP contribution < -0.4 is 10.9 Å². The summed E-state index contributed by atoms with van der Waals surface area (Å²) < 4.78 is 36.0. The molecule has 114 valence electrons. The maximum Gasteiger partial charge on any atom is 0.270 e. The lowest BCUT2D eigenvalue weighted by atomic mass is 10.1. The van der Waals surface area contributed by atoms with E-state index in [1.165, 1.54) is 12.1 Å². The molecule has 1 aliphatic heterocycles. The second-order valence-electron chi connectivity index (χ2n) is 4.67. The normalized spacial score (nSPS) is 20.0. The van der Waals surface area contributed by atoms with Gasteiger partial charge in [0.2, 0.25) is 5.91 Å². The van der Waals surface area contributed by atoms with Crippen molar-refractivity contribution in [1.82, 2.24) is 10.9 Å². The van der Waals surface area contributed by atoms with Crippen LogP contribution in [0.5, 0.6) is 0 Å². The minimum atomic E-state index is -3.17. The fourth-order valence-electron chi connectivity index (χ4n) is 1.96. The molecular weight excluding hydrogens is 367 g/mol. The zero-order valence-electron chi connectivity index (χ0n) is 10.7. The van der Waals surface area contributed by atoms with Crippen LogP contribution in [0.3, 0.4) is 0 Å². The number of carbonyl (C=O) groups excluding carboxylic acids is 2. The molecule has 1 saturated heterocycles. The molecule has 1 aromatic carbocycles. The molecule has 0 unspecified atom stereocenters. The van der Waals surface area contributed by atoms with Gasteiger partial charge in [-0.1, -0.05) is 0 Å². The number of benzene rings is 1. The van der Waals surface area contributed by atoms with Crippen LogP contribution in [0.4, 0.5) is 4.39 Å². The van der Waals surface area contributed by atoms with Crippen LogP contribution in [0.1, 0.15) is 16.8 Å². The summed E-state index contributed by atoms with van der Waals surface area (Å²) in [4.78, 5) is 23.6. The van der Waals surface area contributed by atoms with Crippen LogP contribution in [0.2, 0.25) is 0 Å². The number of sulfone groups is 1. The zero-order chi connectivity index (χ0) is 15.6. The Morgan fingerprint density at radius 3 is 2.62 bits per heavy atom. The summed E-state index contributed by atoms with van der Waals surface area (Å²) in [7, 11) is -3.17. The number of carbonyl (C=O) groups is 2. The first-order valence-electron chi connectivity index (χ1n) is 6.04. The molecule has 21 heavy (non-hydrogen) atoms. The van der Waals surface area contributed by atoms with Gasteiger partial charge >= 0.3 is 0 Å². The molecule has 0 bridgehead atoms. The van der Waals surface area contributed by atoms with Crippen LogP contribution in [0, 0.1) is 11.7 Å². The van der Waals surface area contributed by atoms with Crippen molar-refractivity contribution in [2.24, 2.45) is 5.92 Å². The summed E-state index contributed by atoms with van der Waals surface area (Å²) in [5, 5.41) is 0. The Hall–Kier alpha value is -1.48. The molecule has 0 aliphatic carbocycles. The summed E-state index contributed by atoms with van der Waals surface area (Å²) in [6.45, 7) is 0. The molecular formula is C12H12BrFN2O4S. The SMILES string of the molecule is O=C(NNC(=O)[C@@H]1CCS(=O)(=O)C1)c1cc(F)ccc1Br. The van der Waals surface area contributed by atoms with Gasteiger partial charge in [0.25, 0.3) is 5.91 Å². The number of hydrogen-bond acceptors (Lipinski definition) is 4. The highest BCUT2D eigenvalue weighted by atomic mass is 79.9. The Morgan fingerprint density at radius 2 is 2.00 bits per heavy atom. The van der Waals surface area contributed by atoms with Gasteiger partial charge in [-0.25, -0.2) is 12.8 Å². The van der Waals surface area contributed by atoms with Crippen molar-refractivity contribution < 1.29 is 22.4 Å². The first kappa shape index (κ1) is 15.9. The molecule has 0 spiro atoms. The van der Waals surface area contributed by atoms with Gasteiger partial charge < -0.3 is 0 Å². The second-order valence-corrected chi connectivity index (χ2v) is 7.75. The third kappa shape index (κ3) is 4.01. The first-order valence-corrected chi connectivity index (χ1v) is 8.65. The summed E-state index contributed by atoms with van der Waals surface area (Å²) in [5.74, 6) is -2.79. The third-order valence-corrected chi connectivity index (χ3v) is 5.53. The number of hydrogen-bond donors (Lipinski definition) is 2. The van der Waals surface area contributed by atoms with Gasteiger partial charge in [-0.05, 0) is 40.5 Å². The van der Waals surface area contributed by atoms with Crippen LogP contribution in [0.15, 0.2) is 22.7 Å². The highest BCUT2D eigenvalue weighted by Crippen LogP contribution is 2.19. The standard InChI is InChI=1S/C12H12BrFN2O4S/c13-10-2-1-8(14)5-9(10)12(18)16-15-11(17)7-3-4-21(19,20)6-7/h1-2,5,7H,3-4,6H2,(H,15,17)(H,16,18)/t7-/m1/s1. The smallest absolute Gasteiger partial charge is 0.270 e. The van der Waals surface area contributed by atoms with Crippen LogP contribution in [-0.4, -0.2) is 31.7 Å². The van der Waals surface area contributed by atoms with Crippen LogP contribution in [0.25, 0.3) is 0 Å². The van der Waals surface area contributed by atoms with E-state index >= 15 is 0 Å². The molecule has 1 aliphatic rings. The number of halogens is 2. The minimum Gasteiger partial charge on any atom is -0.273 e. The zero-order valence-corrected chi connectivity index (χ0v) is 13.1. The van der Waals surface area contributed by atoms with Crippen LogP contribution in [-0.2, 0) is 14.6 Å². The lowest BCUT2D eigenvalue weighted by Gasteiger charge is -2.11. The highest BCUT2D eigenvalue weighted by molar-refractivity contribution is 9.10. The van der Waals surface area contributed by atoms with E-state index < -0.39 is 33.4 Å². The number of nitrogens with one attached hydrogen (secondary N) is 2. The molecule has 0 saturated carbocycles. The average molecular weight is 379 g/mol. The molecule has 1 fully saturated rings. The molecule has 0 radical (unpaired) electrons. The monoisotopic (exact) mass is 378 g/mol. The first-order chi connectivity index (χ1) is 9.78. The molecule has 2 rings (SSSR count). The Bertz CT molecular complexity index is 692. The summed E-state index contributed by atoms with van der Waals surface area (Å²) in [5.41, 5.74) is 4.32. The van der Waals surface area contributed by atoms with Gasteiger partial charge in [-0.3, -0.25) is 20.4 Å². The lowest BCUT2D eigenvalue weighted by Crippen LogP contribution is -2.45. The Morgan fingerprint density at radius 1 is 1.29 bits per heavy atom. The van der Waals surface area contributed by atoms with E-state index in [4.69, 9.17) is 0 Å². The van der Waals surface area contributed by atoms with E-state index in [1.54, 1.807) is 0 Å². The third-order valence-electron chi connectivity index (χ3n) is 3.08. The fraction of sp³-hybridized carbons (Fsp3) is 0.333. The van der Waals surface area contributed by atoms with Crippen molar-refractivity contribution in [2.45, 2.75) is 6.42 Å². The predicted molar refractivity (Wildman–Crippen MR) is 76.5 cm³/mol.